The topological polar surface area (TPSA) is 55.1 Å². The zero-order valence-electron chi connectivity index (χ0n) is 8.92. The minimum atomic E-state index is -0.937. The van der Waals surface area contributed by atoms with Gasteiger partial charge in [0.2, 0.25) is 0 Å². The van der Waals surface area contributed by atoms with Crippen molar-refractivity contribution in [1.82, 2.24) is 9.55 Å². The van der Waals surface area contributed by atoms with E-state index in [9.17, 15) is 4.79 Å². The first-order valence-electron chi connectivity index (χ1n) is 4.75. The number of nitrogens with zero attached hydrogens (tertiary/aromatic N) is 2. The molecule has 0 atom stereocenters. The quantitative estimate of drug-likeness (QED) is 0.946. The summed E-state index contributed by atoms with van der Waals surface area (Å²) < 4.78 is 2.63. The zero-order valence-corrected chi connectivity index (χ0v) is 11.3. The van der Waals surface area contributed by atoms with Crippen LogP contribution in [0.2, 0.25) is 0 Å². The first kappa shape index (κ1) is 12.2. The fourth-order valence-electron chi connectivity index (χ4n) is 1.30. The van der Waals surface area contributed by atoms with Crippen molar-refractivity contribution in [2.75, 3.05) is 0 Å². The summed E-state index contributed by atoms with van der Waals surface area (Å²) in [5.74, 6) is -0.937. The fraction of sp³-hybridized carbons (Fsp3) is 0.0909. The molecule has 17 heavy (non-hydrogen) atoms. The smallest absolute Gasteiger partial charge is 0.335 e. The predicted octanol–water partition coefficient (Wildman–Crippen LogP) is 3.03. The Bertz CT molecular complexity index is 568. The van der Waals surface area contributed by atoms with Crippen LogP contribution in [0.3, 0.4) is 0 Å². The van der Waals surface area contributed by atoms with Gasteiger partial charge in [-0.1, -0.05) is 27.7 Å². The lowest BCUT2D eigenvalue weighted by Gasteiger charge is -2.04. The highest BCUT2D eigenvalue weighted by molar-refractivity contribution is 9.10. The van der Waals surface area contributed by atoms with E-state index < -0.39 is 5.97 Å². The van der Waals surface area contributed by atoms with Crippen LogP contribution in [0.25, 0.3) is 0 Å². The van der Waals surface area contributed by atoms with E-state index in [2.05, 4.69) is 20.9 Å². The number of hydrogen-bond acceptors (Lipinski definition) is 3. The monoisotopic (exact) mass is 312 g/mol. The highest BCUT2D eigenvalue weighted by Gasteiger charge is 2.08. The Balaban J connectivity index is 2.33. The zero-order chi connectivity index (χ0) is 12.4. The molecule has 2 rings (SSSR count). The van der Waals surface area contributed by atoms with Gasteiger partial charge in [0.05, 0.1) is 5.56 Å². The number of carboxylic acid groups (broad SMARTS) is 1. The number of imidazole rings is 1. The molecule has 0 fully saturated rings. The molecule has 6 heteroatoms. The van der Waals surface area contributed by atoms with Gasteiger partial charge in [-0.15, -0.1) is 0 Å². The molecule has 0 bridgehead atoms. The van der Waals surface area contributed by atoms with Gasteiger partial charge in [0.25, 0.3) is 0 Å². The van der Waals surface area contributed by atoms with Crippen LogP contribution in [0.15, 0.2) is 45.1 Å². The number of halogens is 1. The van der Waals surface area contributed by atoms with Crippen LogP contribution in [-0.4, -0.2) is 20.6 Å². The van der Waals surface area contributed by atoms with Gasteiger partial charge in [0.15, 0.2) is 5.16 Å². The number of carbonyl (C=O) groups is 1. The average Bonchev–Trinajstić information content (AvgIpc) is 2.63. The fourth-order valence-corrected chi connectivity index (χ4v) is 2.85. The van der Waals surface area contributed by atoms with Crippen molar-refractivity contribution in [3.05, 3.63) is 40.6 Å². The third kappa shape index (κ3) is 2.89. The van der Waals surface area contributed by atoms with Gasteiger partial charge in [0.1, 0.15) is 0 Å². The number of aromatic nitrogens is 2. The van der Waals surface area contributed by atoms with Crippen molar-refractivity contribution in [3.8, 4) is 0 Å². The van der Waals surface area contributed by atoms with Crippen LogP contribution >= 0.6 is 27.7 Å². The molecule has 1 aromatic carbocycles. The van der Waals surface area contributed by atoms with Crippen LogP contribution in [0.5, 0.6) is 0 Å². The third-order valence-electron chi connectivity index (χ3n) is 2.10. The van der Waals surface area contributed by atoms with E-state index in [0.29, 0.717) is 0 Å². The van der Waals surface area contributed by atoms with E-state index in [1.165, 1.54) is 11.8 Å². The molecule has 0 aliphatic heterocycles. The number of aryl methyl sites for hydroxylation is 1. The van der Waals surface area contributed by atoms with E-state index in [1.807, 2.05) is 23.9 Å². The summed E-state index contributed by atoms with van der Waals surface area (Å²) in [5.41, 5.74) is 0.260. The molecule has 88 valence electrons. The van der Waals surface area contributed by atoms with E-state index in [-0.39, 0.29) is 5.56 Å². The van der Waals surface area contributed by atoms with Gasteiger partial charge in [-0.05, 0) is 18.2 Å². The summed E-state index contributed by atoms with van der Waals surface area (Å²) in [6, 6.07) is 5.07. The maximum absolute atomic E-state index is 10.9. The highest BCUT2D eigenvalue weighted by atomic mass is 79.9. The molecule has 1 N–H and O–H groups in total. The Morgan fingerprint density at radius 3 is 2.82 bits per heavy atom. The Kier molecular flexibility index (Phi) is 3.54. The van der Waals surface area contributed by atoms with Gasteiger partial charge >= 0.3 is 5.97 Å². The standard InChI is InChI=1S/C11H9BrN2O2S/c1-14-3-2-13-11(14)17-9-5-7(10(15)16)4-8(12)6-9/h2-6H,1H3,(H,15,16). The van der Waals surface area contributed by atoms with Gasteiger partial charge in [-0.2, -0.15) is 0 Å². The van der Waals surface area contributed by atoms with Crippen LogP contribution < -0.4 is 0 Å². The second-order valence-corrected chi connectivity index (χ2v) is 5.36. The first-order valence-corrected chi connectivity index (χ1v) is 6.36. The average molecular weight is 313 g/mol. The molecule has 0 unspecified atom stereocenters. The Morgan fingerprint density at radius 2 is 2.24 bits per heavy atom. The second-order valence-electron chi connectivity index (χ2n) is 3.40. The van der Waals surface area contributed by atoms with Gasteiger partial charge in [-0.25, -0.2) is 9.78 Å². The molecule has 0 radical (unpaired) electrons. The minimum absolute atomic E-state index is 0.260. The van der Waals surface area contributed by atoms with Gasteiger partial charge < -0.3 is 9.67 Å². The van der Waals surface area contributed by atoms with E-state index >= 15 is 0 Å². The molecular formula is C11H9BrN2O2S. The number of aromatic carboxylic acids is 1. The summed E-state index contributed by atoms with van der Waals surface area (Å²) in [6.07, 6.45) is 3.55. The molecule has 0 amide bonds. The summed E-state index contributed by atoms with van der Waals surface area (Å²) in [5, 5.41) is 9.78. The summed E-state index contributed by atoms with van der Waals surface area (Å²) in [6.45, 7) is 0. The van der Waals surface area contributed by atoms with Crippen LogP contribution in [0.1, 0.15) is 10.4 Å². The lowest BCUT2D eigenvalue weighted by molar-refractivity contribution is 0.0696. The molecule has 0 spiro atoms. The molecule has 0 aliphatic rings. The SMILES string of the molecule is Cn1ccnc1Sc1cc(Br)cc(C(=O)O)c1. The van der Waals surface area contributed by atoms with Crippen molar-refractivity contribution in [2.24, 2.45) is 7.05 Å². The van der Waals surface area contributed by atoms with E-state index in [4.69, 9.17) is 5.11 Å². The molecule has 0 aliphatic carbocycles. The van der Waals surface area contributed by atoms with Crippen molar-refractivity contribution in [2.45, 2.75) is 10.1 Å². The first-order chi connectivity index (χ1) is 8.06. The van der Waals surface area contributed by atoms with Crippen molar-refractivity contribution < 1.29 is 9.90 Å². The highest BCUT2D eigenvalue weighted by Crippen LogP contribution is 2.29. The van der Waals surface area contributed by atoms with Crippen molar-refractivity contribution >= 4 is 33.7 Å². The molecule has 4 nitrogen and oxygen atoms in total. The predicted molar refractivity (Wildman–Crippen MR) is 68.4 cm³/mol. The maximum atomic E-state index is 10.9. The van der Waals surface area contributed by atoms with E-state index in [1.54, 1.807) is 18.3 Å². The van der Waals surface area contributed by atoms with Gasteiger partial charge in [-0.3, -0.25) is 0 Å². The molecule has 1 aromatic heterocycles. The normalized spacial score (nSPS) is 10.5. The van der Waals surface area contributed by atoms with Crippen molar-refractivity contribution in [1.29, 1.82) is 0 Å². The Labute approximate surface area is 111 Å². The number of rotatable bonds is 3. The van der Waals surface area contributed by atoms with Crippen molar-refractivity contribution in [3.63, 3.8) is 0 Å². The molecule has 0 saturated carbocycles. The Morgan fingerprint density at radius 1 is 1.47 bits per heavy atom. The summed E-state index contributed by atoms with van der Waals surface area (Å²) >= 11 is 4.73. The molecular weight excluding hydrogens is 304 g/mol. The lowest BCUT2D eigenvalue weighted by Crippen LogP contribution is -1.96. The number of hydrogen-bond donors (Lipinski definition) is 1. The third-order valence-corrected chi connectivity index (χ3v) is 3.61. The van der Waals surface area contributed by atoms with Crippen LogP contribution in [-0.2, 0) is 7.05 Å². The Hall–Kier alpha value is -1.27. The largest absolute Gasteiger partial charge is 0.478 e. The second kappa shape index (κ2) is 4.93. The number of benzene rings is 1. The van der Waals surface area contributed by atoms with Gasteiger partial charge in [0, 0.05) is 28.8 Å². The maximum Gasteiger partial charge on any atom is 0.335 e. The van der Waals surface area contributed by atoms with Crippen LogP contribution in [0.4, 0.5) is 0 Å². The lowest BCUT2D eigenvalue weighted by atomic mass is 10.2. The molecule has 1 heterocycles. The minimum Gasteiger partial charge on any atom is -0.478 e. The van der Waals surface area contributed by atoms with Crippen LogP contribution in [0, 0.1) is 0 Å². The summed E-state index contributed by atoms with van der Waals surface area (Å²) in [7, 11) is 1.89. The molecule has 0 saturated heterocycles. The number of carboxylic acids is 1. The molecule has 2 aromatic rings. The van der Waals surface area contributed by atoms with E-state index in [0.717, 1.165) is 14.5 Å². The summed E-state index contributed by atoms with van der Waals surface area (Å²) in [4.78, 5) is 15.9.